The molecule has 7 heteroatoms. The van der Waals surface area contributed by atoms with E-state index in [0.717, 1.165) is 20.7 Å². The first kappa shape index (κ1) is 23.8. The molecular formula is C24H36N3O3S+. The first-order chi connectivity index (χ1) is 14.8. The predicted molar refractivity (Wildman–Crippen MR) is 124 cm³/mol. The van der Waals surface area contributed by atoms with Gasteiger partial charge in [0.1, 0.15) is 6.04 Å². The number of thioether (sulfide) groups is 1. The molecule has 2 aliphatic rings. The monoisotopic (exact) mass is 446 g/mol. The zero-order chi connectivity index (χ0) is 22.4. The quantitative estimate of drug-likeness (QED) is 0.244. The number of amides is 3. The largest absolute Gasteiger partial charge is 0.331 e. The van der Waals surface area contributed by atoms with Crippen LogP contribution >= 0.6 is 11.8 Å². The van der Waals surface area contributed by atoms with E-state index >= 15 is 0 Å². The summed E-state index contributed by atoms with van der Waals surface area (Å²) in [6.07, 6.45) is 8.31. The van der Waals surface area contributed by atoms with Gasteiger partial charge in [-0.15, -0.1) is 11.8 Å². The minimum Gasteiger partial charge on any atom is -0.331 e. The Kier molecular flexibility index (Phi) is 8.17. The number of nitrogens with zero attached hydrogens (tertiary/aromatic N) is 2. The van der Waals surface area contributed by atoms with Gasteiger partial charge in [0, 0.05) is 23.4 Å². The van der Waals surface area contributed by atoms with E-state index in [1.165, 1.54) is 45.1 Å². The van der Waals surface area contributed by atoms with Crippen molar-refractivity contribution in [3.05, 3.63) is 29.3 Å². The molecule has 1 saturated heterocycles. The molecule has 2 aliphatic heterocycles. The minimum atomic E-state index is -0.549. The molecule has 0 bridgehead atoms. The Labute approximate surface area is 190 Å². The van der Waals surface area contributed by atoms with Gasteiger partial charge < -0.3 is 9.38 Å². The van der Waals surface area contributed by atoms with Gasteiger partial charge in [-0.25, -0.2) is 0 Å². The summed E-state index contributed by atoms with van der Waals surface area (Å²) in [4.78, 5) is 39.3. The van der Waals surface area contributed by atoms with Crippen LogP contribution in [0.2, 0.25) is 0 Å². The summed E-state index contributed by atoms with van der Waals surface area (Å²) in [5.74, 6) is 0.339. The van der Waals surface area contributed by atoms with Crippen LogP contribution in [0, 0.1) is 0 Å². The maximum absolute atomic E-state index is 12.9. The summed E-state index contributed by atoms with van der Waals surface area (Å²) < 4.78 is 1.04. The van der Waals surface area contributed by atoms with Crippen molar-refractivity contribution < 1.29 is 18.9 Å². The molecule has 0 aromatic heterocycles. The SMILES string of the molecule is C[N+](C)(C)CCCCCCCCSc1cccc2c1CN(C1CCC(=O)NC1=O)C2=O. The summed E-state index contributed by atoms with van der Waals surface area (Å²) in [7, 11) is 6.74. The van der Waals surface area contributed by atoms with Gasteiger partial charge in [-0.1, -0.05) is 25.3 Å². The highest BCUT2D eigenvalue weighted by atomic mass is 32.2. The first-order valence-corrected chi connectivity index (χ1v) is 12.4. The van der Waals surface area contributed by atoms with Crippen LogP contribution in [-0.4, -0.2) is 66.6 Å². The third kappa shape index (κ3) is 6.56. The van der Waals surface area contributed by atoms with Crippen LogP contribution in [0.3, 0.4) is 0 Å². The maximum atomic E-state index is 12.9. The number of nitrogens with one attached hydrogen (secondary N) is 1. The molecule has 1 aromatic carbocycles. The summed E-state index contributed by atoms with van der Waals surface area (Å²) in [6, 6.07) is 5.31. The van der Waals surface area contributed by atoms with Crippen molar-refractivity contribution in [1.29, 1.82) is 0 Å². The molecule has 170 valence electrons. The Morgan fingerprint density at radius 3 is 2.45 bits per heavy atom. The molecule has 0 spiro atoms. The van der Waals surface area contributed by atoms with Gasteiger partial charge in [0.2, 0.25) is 11.8 Å². The van der Waals surface area contributed by atoms with E-state index in [-0.39, 0.29) is 24.1 Å². The molecular weight excluding hydrogens is 410 g/mol. The van der Waals surface area contributed by atoms with Crippen LogP contribution in [0.25, 0.3) is 0 Å². The van der Waals surface area contributed by atoms with Gasteiger partial charge in [0.15, 0.2) is 0 Å². The predicted octanol–water partition coefficient (Wildman–Crippen LogP) is 3.59. The topological polar surface area (TPSA) is 66.5 Å². The van der Waals surface area contributed by atoms with Crippen molar-refractivity contribution in [2.75, 3.05) is 33.4 Å². The molecule has 1 atom stereocenters. The lowest BCUT2D eigenvalue weighted by Crippen LogP contribution is -2.52. The summed E-state index contributed by atoms with van der Waals surface area (Å²) >= 11 is 1.81. The molecule has 2 heterocycles. The second-order valence-corrected chi connectivity index (χ2v) is 10.8. The number of hydrogen-bond acceptors (Lipinski definition) is 4. The Balaban J connectivity index is 1.43. The van der Waals surface area contributed by atoms with Crippen LogP contribution in [0.1, 0.15) is 67.3 Å². The van der Waals surface area contributed by atoms with Crippen molar-refractivity contribution in [3.63, 3.8) is 0 Å². The Bertz CT molecular complexity index is 819. The van der Waals surface area contributed by atoms with E-state index < -0.39 is 6.04 Å². The van der Waals surface area contributed by atoms with E-state index in [4.69, 9.17) is 0 Å². The molecule has 3 rings (SSSR count). The van der Waals surface area contributed by atoms with E-state index in [9.17, 15) is 14.4 Å². The third-order valence-corrected chi connectivity index (χ3v) is 7.21. The normalized spacial score (nSPS) is 19.0. The smallest absolute Gasteiger partial charge is 0.255 e. The number of rotatable bonds is 11. The maximum Gasteiger partial charge on any atom is 0.255 e. The number of unbranched alkanes of at least 4 members (excludes halogenated alkanes) is 5. The number of benzene rings is 1. The molecule has 3 amide bonds. The summed E-state index contributed by atoms with van der Waals surface area (Å²) in [6.45, 7) is 1.69. The fraction of sp³-hybridized carbons (Fsp3) is 0.625. The number of imide groups is 1. The summed E-state index contributed by atoms with van der Waals surface area (Å²) in [5, 5.41) is 2.36. The van der Waals surface area contributed by atoms with Gasteiger partial charge in [-0.2, -0.15) is 0 Å². The zero-order valence-electron chi connectivity index (χ0n) is 19.1. The van der Waals surface area contributed by atoms with Crippen LogP contribution in [0.5, 0.6) is 0 Å². The Morgan fingerprint density at radius 2 is 1.74 bits per heavy atom. The fourth-order valence-corrected chi connectivity index (χ4v) is 5.36. The number of fused-ring (bicyclic) bond motifs is 1. The van der Waals surface area contributed by atoms with Gasteiger partial charge in [-0.05, 0) is 49.1 Å². The lowest BCUT2D eigenvalue weighted by molar-refractivity contribution is -0.870. The van der Waals surface area contributed by atoms with E-state index in [1.807, 2.05) is 23.9 Å². The van der Waals surface area contributed by atoms with Gasteiger partial charge in [-0.3, -0.25) is 19.7 Å². The minimum absolute atomic E-state index is 0.0965. The van der Waals surface area contributed by atoms with Crippen LogP contribution < -0.4 is 5.32 Å². The molecule has 1 fully saturated rings. The van der Waals surface area contributed by atoms with Crippen molar-refractivity contribution in [3.8, 4) is 0 Å². The molecule has 1 N–H and O–H groups in total. The Hall–Kier alpha value is -1.86. The highest BCUT2D eigenvalue weighted by Crippen LogP contribution is 2.34. The summed E-state index contributed by atoms with van der Waals surface area (Å²) in [5.41, 5.74) is 1.73. The van der Waals surface area contributed by atoms with Crippen molar-refractivity contribution >= 4 is 29.5 Å². The second kappa shape index (κ2) is 10.6. The molecule has 31 heavy (non-hydrogen) atoms. The molecule has 0 saturated carbocycles. The first-order valence-electron chi connectivity index (χ1n) is 11.5. The third-order valence-electron chi connectivity index (χ3n) is 6.02. The van der Waals surface area contributed by atoms with Crippen LogP contribution in [0.4, 0.5) is 0 Å². The van der Waals surface area contributed by atoms with Gasteiger partial charge in [0.05, 0.1) is 27.7 Å². The number of quaternary nitrogens is 1. The lowest BCUT2D eigenvalue weighted by atomic mass is 10.0. The number of carbonyl (C=O) groups excluding carboxylic acids is 3. The fourth-order valence-electron chi connectivity index (χ4n) is 4.27. The number of piperidine rings is 1. The van der Waals surface area contributed by atoms with Crippen molar-refractivity contribution in [2.45, 2.75) is 68.8 Å². The van der Waals surface area contributed by atoms with E-state index in [0.29, 0.717) is 18.5 Å². The average molecular weight is 447 g/mol. The molecule has 0 aliphatic carbocycles. The van der Waals surface area contributed by atoms with Gasteiger partial charge in [0.25, 0.3) is 5.91 Å². The highest BCUT2D eigenvalue weighted by Gasteiger charge is 2.39. The van der Waals surface area contributed by atoms with E-state index in [1.54, 1.807) is 4.90 Å². The van der Waals surface area contributed by atoms with E-state index in [2.05, 4.69) is 32.5 Å². The lowest BCUT2D eigenvalue weighted by Gasteiger charge is -2.29. The average Bonchev–Trinajstić information content (AvgIpc) is 3.03. The van der Waals surface area contributed by atoms with Crippen molar-refractivity contribution in [1.82, 2.24) is 10.2 Å². The second-order valence-electron chi connectivity index (χ2n) is 9.67. The van der Waals surface area contributed by atoms with Crippen LogP contribution in [0.15, 0.2) is 23.1 Å². The number of carbonyl (C=O) groups is 3. The molecule has 0 radical (unpaired) electrons. The molecule has 1 aromatic rings. The van der Waals surface area contributed by atoms with Crippen LogP contribution in [-0.2, 0) is 16.1 Å². The molecule has 1 unspecified atom stereocenters. The Morgan fingerprint density at radius 1 is 1.03 bits per heavy atom. The van der Waals surface area contributed by atoms with Gasteiger partial charge >= 0.3 is 0 Å². The molecule has 6 nitrogen and oxygen atoms in total. The zero-order valence-corrected chi connectivity index (χ0v) is 19.9. The highest BCUT2D eigenvalue weighted by molar-refractivity contribution is 7.99. The van der Waals surface area contributed by atoms with Crippen molar-refractivity contribution in [2.24, 2.45) is 0 Å². The number of hydrogen-bond donors (Lipinski definition) is 1. The standard InChI is InChI=1S/C24H35N3O3S/c1-27(2,3)15-8-6-4-5-7-9-16-31-21-12-10-11-18-19(21)17-26(24(18)30)20-13-14-22(28)25-23(20)29/h10-12,20H,4-9,13-17H2,1-3H3/p+1.